The first-order valence-corrected chi connectivity index (χ1v) is 9.55. The fourth-order valence-corrected chi connectivity index (χ4v) is 3.04. The predicted molar refractivity (Wildman–Crippen MR) is 115 cm³/mol. The number of primary amides is 1. The van der Waals surface area contributed by atoms with Crippen molar-refractivity contribution in [3.8, 4) is 0 Å². The van der Waals surface area contributed by atoms with Crippen LogP contribution in [-0.2, 0) is 12.7 Å². The lowest BCUT2D eigenvalue weighted by atomic mass is 10.1. The third-order valence-corrected chi connectivity index (χ3v) is 4.73. The van der Waals surface area contributed by atoms with Gasteiger partial charge in [-0.25, -0.2) is 4.39 Å². The van der Waals surface area contributed by atoms with E-state index in [-0.39, 0.29) is 34.6 Å². The highest BCUT2D eigenvalue weighted by atomic mass is 19.4. The molecule has 0 aliphatic rings. The number of alkyl halides is 3. The number of carbonyl (C=O) groups excluding carboxylic acids is 2. The molecule has 0 aliphatic carbocycles. The number of hydrogen-bond acceptors (Lipinski definition) is 5. The predicted octanol–water partition coefficient (Wildman–Crippen LogP) is 4.72. The van der Waals surface area contributed by atoms with Crippen LogP contribution < -0.4 is 16.4 Å². The number of nitrogens with one attached hydrogen (secondary N) is 2. The van der Waals surface area contributed by atoms with Crippen molar-refractivity contribution >= 4 is 28.9 Å². The van der Waals surface area contributed by atoms with Gasteiger partial charge in [-0.1, -0.05) is 0 Å². The lowest BCUT2D eigenvalue weighted by Crippen LogP contribution is -2.15. The Morgan fingerprint density at radius 3 is 2.21 bits per heavy atom. The summed E-state index contributed by atoms with van der Waals surface area (Å²) in [5, 5.41) is 16.1. The van der Waals surface area contributed by atoms with E-state index in [2.05, 4.69) is 10.6 Å². The van der Waals surface area contributed by atoms with Gasteiger partial charge in [-0.3, -0.25) is 19.7 Å². The van der Waals surface area contributed by atoms with Gasteiger partial charge < -0.3 is 16.4 Å². The van der Waals surface area contributed by atoms with Gasteiger partial charge in [0.25, 0.3) is 11.6 Å². The molecule has 0 unspecified atom stereocenters. The molecule has 0 saturated carbocycles. The Labute approximate surface area is 189 Å². The lowest BCUT2D eigenvalue weighted by Gasteiger charge is -2.17. The number of carbonyl (C=O) groups is 2. The van der Waals surface area contributed by atoms with Crippen LogP contribution in [0, 0.1) is 15.9 Å². The molecule has 3 aromatic rings. The fourth-order valence-electron chi connectivity index (χ4n) is 3.04. The molecule has 3 rings (SSSR count). The van der Waals surface area contributed by atoms with Crippen molar-refractivity contribution in [2.45, 2.75) is 12.7 Å². The summed E-state index contributed by atoms with van der Waals surface area (Å²) in [6.45, 7) is -0.361. The Kier molecular flexibility index (Phi) is 6.80. The van der Waals surface area contributed by atoms with E-state index in [1.54, 1.807) is 0 Å². The molecule has 2 amide bonds. The Morgan fingerprint density at radius 1 is 0.971 bits per heavy atom. The number of rotatable bonds is 7. The van der Waals surface area contributed by atoms with E-state index in [0.29, 0.717) is 6.07 Å². The van der Waals surface area contributed by atoms with Crippen molar-refractivity contribution in [2.75, 3.05) is 10.6 Å². The molecule has 12 heteroatoms. The molecule has 0 spiro atoms. The number of nitrogens with zero attached hydrogens (tertiary/aromatic N) is 1. The zero-order valence-corrected chi connectivity index (χ0v) is 17.2. The van der Waals surface area contributed by atoms with Crippen LogP contribution in [0.5, 0.6) is 0 Å². The average Bonchev–Trinajstić information content (AvgIpc) is 2.77. The van der Waals surface area contributed by atoms with Gasteiger partial charge >= 0.3 is 6.18 Å². The molecule has 4 N–H and O–H groups in total. The molecule has 176 valence electrons. The van der Waals surface area contributed by atoms with Crippen LogP contribution in [0.1, 0.15) is 31.8 Å². The van der Waals surface area contributed by atoms with Crippen LogP contribution in [0.15, 0.2) is 60.7 Å². The summed E-state index contributed by atoms with van der Waals surface area (Å²) in [4.78, 5) is 34.0. The number of anilines is 2. The number of nitro benzene ring substituents is 1. The highest BCUT2D eigenvalue weighted by Gasteiger charge is 2.34. The highest BCUT2D eigenvalue weighted by molar-refractivity contribution is 6.04. The second-order valence-electron chi connectivity index (χ2n) is 7.04. The molecule has 0 heterocycles. The summed E-state index contributed by atoms with van der Waals surface area (Å²) < 4.78 is 54.0. The molecule has 34 heavy (non-hydrogen) atoms. The first kappa shape index (κ1) is 24.2. The van der Waals surface area contributed by atoms with E-state index in [0.717, 1.165) is 24.3 Å². The van der Waals surface area contributed by atoms with Crippen LogP contribution in [0.25, 0.3) is 0 Å². The minimum Gasteiger partial charge on any atom is -0.380 e. The molecule has 0 aliphatic heterocycles. The van der Waals surface area contributed by atoms with E-state index in [1.165, 1.54) is 30.3 Å². The van der Waals surface area contributed by atoms with Crippen molar-refractivity contribution in [2.24, 2.45) is 5.73 Å². The fraction of sp³-hybridized carbons (Fsp3) is 0.0909. The number of amides is 2. The van der Waals surface area contributed by atoms with Gasteiger partial charge in [0, 0.05) is 40.7 Å². The SMILES string of the molecule is NC(=O)c1ccc(CNc2ccc(NC(=O)c3ccc(F)cc3)cc2C(F)(F)F)c([N+](=O)[O-])c1. The summed E-state index contributed by atoms with van der Waals surface area (Å²) >= 11 is 0. The quantitative estimate of drug-likeness (QED) is 0.258. The first-order chi connectivity index (χ1) is 16.0. The number of halogens is 4. The Morgan fingerprint density at radius 2 is 1.62 bits per heavy atom. The maximum atomic E-state index is 13.7. The molecule has 0 bridgehead atoms. The number of nitrogens with two attached hydrogens (primary N) is 1. The van der Waals surface area contributed by atoms with Gasteiger partial charge in [0.05, 0.1) is 10.5 Å². The second-order valence-corrected chi connectivity index (χ2v) is 7.04. The van der Waals surface area contributed by atoms with Crippen molar-refractivity contribution in [3.63, 3.8) is 0 Å². The summed E-state index contributed by atoms with van der Waals surface area (Å²) in [7, 11) is 0. The Hall–Kier alpha value is -4.48. The normalized spacial score (nSPS) is 11.1. The van der Waals surface area contributed by atoms with E-state index in [4.69, 9.17) is 5.73 Å². The zero-order chi connectivity index (χ0) is 25.0. The molecule has 8 nitrogen and oxygen atoms in total. The third-order valence-electron chi connectivity index (χ3n) is 4.73. The largest absolute Gasteiger partial charge is 0.418 e. The van der Waals surface area contributed by atoms with Crippen molar-refractivity contribution in [3.05, 3.63) is 98.8 Å². The highest BCUT2D eigenvalue weighted by Crippen LogP contribution is 2.37. The maximum Gasteiger partial charge on any atom is 0.418 e. The first-order valence-electron chi connectivity index (χ1n) is 9.55. The van der Waals surface area contributed by atoms with Crippen LogP contribution in [-0.4, -0.2) is 16.7 Å². The van der Waals surface area contributed by atoms with E-state index in [9.17, 15) is 37.3 Å². The van der Waals surface area contributed by atoms with Crippen LogP contribution >= 0.6 is 0 Å². The maximum absolute atomic E-state index is 13.7. The average molecular weight is 476 g/mol. The van der Waals surface area contributed by atoms with Crippen molar-refractivity contribution in [1.82, 2.24) is 0 Å². The monoisotopic (exact) mass is 476 g/mol. The minimum absolute atomic E-state index is 0.0248. The molecular weight excluding hydrogens is 460 g/mol. The second kappa shape index (κ2) is 9.57. The number of benzene rings is 3. The Balaban J connectivity index is 1.85. The standard InChI is InChI=1S/C22H16F4N4O4/c23-15-5-3-12(4-6-15)21(32)29-16-7-8-18(17(10-16)22(24,25)26)28-11-14-2-1-13(20(27)31)9-19(14)30(33)34/h1-10,28H,11H2,(H2,27,31)(H,29,32). The van der Waals surface area contributed by atoms with E-state index < -0.39 is 40.0 Å². The molecule has 0 aromatic heterocycles. The molecule has 0 radical (unpaired) electrons. The van der Waals surface area contributed by atoms with E-state index >= 15 is 0 Å². The minimum atomic E-state index is -4.82. The van der Waals surface area contributed by atoms with Gasteiger partial charge in [-0.05, 0) is 54.6 Å². The molecule has 0 saturated heterocycles. The van der Waals surface area contributed by atoms with Crippen molar-refractivity contribution in [1.29, 1.82) is 0 Å². The summed E-state index contributed by atoms with van der Waals surface area (Å²) in [6, 6.07) is 10.8. The van der Waals surface area contributed by atoms with Gasteiger partial charge in [0.15, 0.2) is 0 Å². The smallest absolute Gasteiger partial charge is 0.380 e. The van der Waals surface area contributed by atoms with Crippen molar-refractivity contribution < 1.29 is 32.1 Å². The van der Waals surface area contributed by atoms with Gasteiger partial charge in [0.1, 0.15) is 5.82 Å². The third kappa shape index (κ3) is 5.65. The van der Waals surface area contributed by atoms with E-state index in [1.807, 2.05) is 0 Å². The summed E-state index contributed by atoms with van der Waals surface area (Å²) in [6.07, 6.45) is -4.82. The van der Waals surface area contributed by atoms with Crippen LogP contribution in [0.4, 0.5) is 34.6 Å². The molecule has 0 fully saturated rings. The van der Waals surface area contributed by atoms with Gasteiger partial charge in [-0.15, -0.1) is 0 Å². The van der Waals surface area contributed by atoms with Gasteiger partial charge in [0.2, 0.25) is 5.91 Å². The topological polar surface area (TPSA) is 127 Å². The van der Waals surface area contributed by atoms with Crippen LogP contribution in [0.2, 0.25) is 0 Å². The molecule has 0 atom stereocenters. The number of hydrogen-bond donors (Lipinski definition) is 3. The van der Waals surface area contributed by atoms with Gasteiger partial charge in [-0.2, -0.15) is 13.2 Å². The number of nitro groups is 1. The summed E-state index contributed by atoms with van der Waals surface area (Å²) in [5.74, 6) is -2.20. The summed E-state index contributed by atoms with van der Waals surface area (Å²) in [5.41, 5.74) is 2.90. The Bertz CT molecular complexity index is 1260. The lowest BCUT2D eigenvalue weighted by molar-refractivity contribution is -0.385. The molecular formula is C22H16F4N4O4. The molecule has 3 aromatic carbocycles. The van der Waals surface area contributed by atoms with Crippen LogP contribution in [0.3, 0.4) is 0 Å². The zero-order valence-electron chi connectivity index (χ0n) is 17.2.